The molecule has 0 bridgehead atoms. The molecule has 18 heavy (non-hydrogen) atoms. The lowest BCUT2D eigenvalue weighted by molar-refractivity contribution is 0.184. The highest BCUT2D eigenvalue weighted by atomic mass is 32.2. The Morgan fingerprint density at radius 2 is 2.00 bits per heavy atom. The molecule has 1 aliphatic rings. The second-order valence-corrected chi connectivity index (χ2v) is 5.38. The van der Waals surface area contributed by atoms with E-state index in [1.54, 1.807) is 18.1 Å². The Morgan fingerprint density at radius 3 is 2.78 bits per heavy atom. The smallest absolute Gasteiger partial charge is 0.165 e. The molecule has 2 aromatic heterocycles. The summed E-state index contributed by atoms with van der Waals surface area (Å²) in [5, 5.41) is 0.956. The first-order valence-corrected chi connectivity index (χ1v) is 7.53. The topological polar surface area (TPSA) is 46.8 Å². The van der Waals surface area contributed by atoms with Crippen LogP contribution in [0.25, 0.3) is 11.2 Å². The molecule has 0 saturated carbocycles. The molecule has 1 saturated heterocycles. The second-order valence-electron chi connectivity index (χ2n) is 4.59. The van der Waals surface area contributed by atoms with E-state index in [0.717, 1.165) is 22.9 Å². The van der Waals surface area contributed by atoms with Crippen molar-refractivity contribution in [2.45, 2.75) is 31.0 Å². The number of nitrogens with zero attached hydrogens (tertiary/aromatic N) is 5. The van der Waals surface area contributed by atoms with Crippen LogP contribution in [0.3, 0.4) is 0 Å². The van der Waals surface area contributed by atoms with Crippen molar-refractivity contribution in [2.75, 3.05) is 19.3 Å². The number of hydrogen-bond acceptors (Lipinski definition) is 5. The summed E-state index contributed by atoms with van der Waals surface area (Å²) in [6, 6.07) is 0. The highest BCUT2D eigenvalue weighted by molar-refractivity contribution is 7.98. The average molecular weight is 263 g/mol. The number of hydrogen-bond donors (Lipinski definition) is 0. The third-order valence-corrected chi connectivity index (χ3v) is 4.05. The van der Waals surface area contributed by atoms with Crippen LogP contribution in [0.5, 0.6) is 0 Å². The van der Waals surface area contributed by atoms with E-state index < -0.39 is 0 Å². The van der Waals surface area contributed by atoms with Gasteiger partial charge in [-0.1, -0.05) is 6.42 Å². The van der Waals surface area contributed by atoms with Gasteiger partial charge >= 0.3 is 0 Å². The van der Waals surface area contributed by atoms with Crippen molar-refractivity contribution in [1.29, 1.82) is 0 Å². The van der Waals surface area contributed by atoms with Gasteiger partial charge in [-0.3, -0.25) is 4.90 Å². The number of imidazole rings is 1. The highest BCUT2D eigenvalue weighted by Gasteiger charge is 2.14. The van der Waals surface area contributed by atoms with Gasteiger partial charge in [0.2, 0.25) is 0 Å². The van der Waals surface area contributed by atoms with E-state index in [1.807, 2.05) is 12.6 Å². The number of aromatic nitrogens is 4. The van der Waals surface area contributed by atoms with E-state index in [2.05, 4.69) is 24.4 Å². The fraction of sp³-hybridized carbons (Fsp3) is 0.583. The van der Waals surface area contributed by atoms with Crippen LogP contribution in [0.1, 0.15) is 19.3 Å². The van der Waals surface area contributed by atoms with E-state index >= 15 is 0 Å². The number of piperidine rings is 1. The number of thioether (sulfide) groups is 1. The quantitative estimate of drug-likeness (QED) is 0.626. The van der Waals surface area contributed by atoms with Gasteiger partial charge in [0.05, 0.1) is 13.0 Å². The Labute approximate surface area is 111 Å². The Kier molecular flexibility index (Phi) is 3.47. The summed E-state index contributed by atoms with van der Waals surface area (Å²) in [6.07, 6.45) is 9.50. The van der Waals surface area contributed by atoms with E-state index in [0.29, 0.717) is 0 Å². The Balaban J connectivity index is 1.88. The lowest BCUT2D eigenvalue weighted by atomic mass is 10.1. The van der Waals surface area contributed by atoms with E-state index in [9.17, 15) is 0 Å². The Hall–Kier alpha value is -1.14. The molecule has 0 amide bonds. The number of rotatable bonds is 3. The van der Waals surface area contributed by atoms with Crippen molar-refractivity contribution < 1.29 is 0 Å². The molecule has 3 rings (SSSR count). The summed E-state index contributed by atoms with van der Waals surface area (Å²) in [6.45, 7) is 3.25. The minimum atomic E-state index is 0.890. The van der Waals surface area contributed by atoms with E-state index in [1.165, 1.54) is 32.4 Å². The third-order valence-electron chi connectivity index (χ3n) is 3.36. The fourth-order valence-electron chi connectivity index (χ4n) is 2.43. The van der Waals surface area contributed by atoms with Crippen LogP contribution >= 0.6 is 11.8 Å². The molecule has 96 valence electrons. The van der Waals surface area contributed by atoms with E-state index in [4.69, 9.17) is 0 Å². The molecule has 0 aromatic carbocycles. The van der Waals surface area contributed by atoms with Crippen molar-refractivity contribution in [3.05, 3.63) is 12.7 Å². The predicted molar refractivity (Wildman–Crippen MR) is 72.5 cm³/mol. The lowest BCUT2D eigenvalue weighted by Crippen LogP contribution is -2.31. The van der Waals surface area contributed by atoms with Crippen molar-refractivity contribution in [3.8, 4) is 0 Å². The highest BCUT2D eigenvalue weighted by Crippen LogP contribution is 2.21. The molecule has 1 aliphatic heterocycles. The summed E-state index contributed by atoms with van der Waals surface area (Å²) >= 11 is 1.62. The van der Waals surface area contributed by atoms with Gasteiger partial charge in [0.15, 0.2) is 5.65 Å². The Bertz CT molecular complexity index is 532. The molecule has 3 heterocycles. The zero-order valence-corrected chi connectivity index (χ0v) is 11.4. The number of likely N-dealkylation sites (tertiary alicyclic amines) is 1. The summed E-state index contributed by atoms with van der Waals surface area (Å²) in [7, 11) is 0. The van der Waals surface area contributed by atoms with Crippen LogP contribution in [-0.4, -0.2) is 43.8 Å². The summed E-state index contributed by atoms with van der Waals surface area (Å²) in [4.78, 5) is 15.5. The zero-order chi connectivity index (χ0) is 12.4. The van der Waals surface area contributed by atoms with Crippen LogP contribution in [0.2, 0.25) is 0 Å². The first kappa shape index (κ1) is 11.9. The van der Waals surface area contributed by atoms with Gasteiger partial charge in [0.25, 0.3) is 0 Å². The van der Waals surface area contributed by atoms with Gasteiger partial charge in [0, 0.05) is 0 Å². The maximum atomic E-state index is 4.45. The minimum absolute atomic E-state index is 0.890. The normalized spacial score (nSPS) is 17.4. The third kappa shape index (κ3) is 2.22. The molecule has 0 atom stereocenters. The van der Waals surface area contributed by atoms with Crippen LogP contribution in [-0.2, 0) is 6.67 Å². The fourth-order valence-corrected chi connectivity index (χ4v) is 2.92. The monoisotopic (exact) mass is 263 g/mol. The molecule has 0 aliphatic carbocycles. The molecule has 0 radical (unpaired) electrons. The Morgan fingerprint density at radius 1 is 1.17 bits per heavy atom. The molecule has 1 fully saturated rings. The number of fused-ring (bicyclic) bond motifs is 1. The largest absolute Gasteiger partial charge is 0.301 e. The zero-order valence-electron chi connectivity index (χ0n) is 10.5. The van der Waals surface area contributed by atoms with Crippen LogP contribution in [0, 0.1) is 0 Å². The van der Waals surface area contributed by atoms with E-state index in [-0.39, 0.29) is 0 Å². The first-order chi connectivity index (χ1) is 8.88. The molecule has 0 N–H and O–H groups in total. The van der Waals surface area contributed by atoms with Crippen molar-refractivity contribution in [1.82, 2.24) is 24.4 Å². The molecular weight excluding hydrogens is 246 g/mol. The molecule has 2 aromatic rings. The van der Waals surface area contributed by atoms with Crippen LogP contribution in [0.4, 0.5) is 0 Å². The molecule has 5 nitrogen and oxygen atoms in total. The van der Waals surface area contributed by atoms with Crippen molar-refractivity contribution >= 4 is 22.9 Å². The maximum absolute atomic E-state index is 4.45. The van der Waals surface area contributed by atoms with Crippen molar-refractivity contribution in [3.63, 3.8) is 0 Å². The van der Waals surface area contributed by atoms with Gasteiger partial charge in [-0.05, 0) is 32.2 Å². The van der Waals surface area contributed by atoms with Crippen LogP contribution in [0.15, 0.2) is 17.7 Å². The van der Waals surface area contributed by atoms with Gasteiger partial charge in [-0.2, -0.15) is 0 Å². The SMILES string of the molecule is CSc1ncnc2c1ncn2CN1CCCCC1. The lowest BCUT2D eigenvalue weighted by Gasteiger charge is -2.26. The van der Waals surface area contributed by atoms with Gasteiger partial charge in [-0.25, -0.2) is 15.0 Å². The first-order valence-electron chi connectivity index (χ1n) is 6.30. The van der Waals surface area contributed by atoms with Crippen LogP contribution < -0.4 is 0 Å². The van der Waals surface area contributed by atoms with Gasteiger partial charge in [-0.15, -0.1) is 11.8 Å². The molecule has 6 heteroatoms. The summed E-state index contributed by atoms with van der Waals surface area (Å²) in [5.41, 5.74) is 1.86. The molecular formula is C12H17N5S. The molecule has 0 unspecified atom stereocenters. The average Bonchev–Trinajstić information content (AvgIpc) is 2.83. The second kappa shape index (κ2) is 5.24. The van der Waals surface area contributed by atoms with Gasteiger partial charge < -0.3 is 4.57 Å². The van der Waals surface area contributed by atoms with Crippen molar-refractivity contribution in [2.24, 2.45) is 0 Å². The van der Waals surface area contributed by atoms with Gasteiger partial charge in [0.1, 0.15) is 16.9 Å². The predicted octanol–water partition coefficient (Wildman–Crippen LogP) is 1.99. The molecule has 0 spiro atoms. The minimum Gasteiger partial charge on any atom is -0.301 e. The summed E-state index contributed by atoms with van der Waals surface area (Å²) < 4.78 is 2.13. The maximum Gasteiger partial charge on any atom is 0.165 e. The standard InChI is InChI=1S/C12H17N5S/c1-18-12-10-11(13-7-14-12)17(8-15-10)9-16-5-3-2-4-6-16/h7-8H,2-6,9H2,1H3. The summed E-state index contributed by atoms with van der Waals surface area (Å²) in [5.74, 6) is 0.